The first kappa shape index (κ1) is 12.9. The largest absolute Gasteiger partial charge is 0.384 e. The summed E-state index contributed by atoms with van der Waals surface area (Å²) in [6.07, 6.45) is 0.809. The second-order valence-electron chi connectivity index (χ2n) is 3.74. The molecule has 0 saturated carbocycles. The van der Waals surface area contributed by atoms with Crippen molar-refractivity contribution in [2.45, 2.75) is 6.42 Å². The number of hydrogen-bond acceptors (Lipinski definition) is 4. The molecule has 4 nitrogen and oxygen atoms in total. The van der Waals surface area contributed by atoms with Gasteiger partial charge >= 0.3 is 0 Å². The number of anilines is 1. The molecule has 0 bridgehead atoms. The maximum atomic E-state index is 11.8. The average molecular weight is 282 g/mol. The zero-order valence-corrected chi connectivity index (χ0v) is 11.1. The van der Waals surface area contributed by atoms with E-state index in [1.165, 1.54) is 17.7 Å². The van der Waals surface area contributed by atoms with E-state index in [0.29, 0.717) is 12.1 Å². The summed E-state index contributed by atoms with van der Waals surface area (Å²) in [7, 11) is 0. The number of carbonyl (C=O) groups excluding carboxylic acids is 1. The molecule has 0 spiro atoms. The van der Waals surface area contributed by atoms with Crippen LogP contribution in [0.1, 0.15) is 15.9 Å². The molecule has 2 aromatic heterocycles. The highest BCUT2D eigenvalue weighted by molar-refractivity contribution is 7.07. The minimum atomic E-state index is -0.193. The Balaban J connectivity index is 1.91. The molecule has 0 aliphatic heterocycles. The minimum Gasteiger partial charge on any atom is -0.384 e. The van der Waals surface area contributed by atoms with Gasteiger partial charge < -0.3 is 11.1 Å². The third kappa shape index (κ3) is 3.45. The van der Waals surface area contributed by atoms with Gasteiger partial charge in [-0.05, 0) is 40.9 Å². The van der Waals surface area contributed by atoms with E-state index in [1.807, 2.05) is 11.4 Å². The van der Waals surface area contributed by atoms with Crippen LogP contribution < -0.4 is 11.1 Å². The van der Waals surface area contributed by atoms with Gasteiger partial charge in [0.1, 0.15) is 11.0 Å². The SMILES string of the molecule is Nc1cc(C(=O)NCCc2ccsc2)cc(Cl)n1. The van der Waals surface area contributed by atoms with Gasteiger partial charge in [-0.25, -0.2) is 4.98 Å². The van der Waals surface area contributed by atoms with Crippen molar-refractivity contribution in [2.24, 2.45) is 0 Å². The predicted octanol–water partition coefficient (Wildman–Crippen LogP) is 2.35. The number of thiophene rings is 1. The topological polar surface area (TPSA) is 68.0 Å². The number of nitrogens with zero attached hydrogens (tertiary/aromatic N) is 1. The van der Waals surface area contributed by atoms with Crippen LogP contribution in [-0.2, 0) is 6.42 Å². The first-order chi connectivity index (χ1) is 8.65. The lowest BCUT2D eigenvalue weighted by molar-refractivity contribution is 0.0954. The summed E-state index contributed by atoms with van der Waals surface area (Å²) in [5.74, 6) is 0.0479. The van der Waals surface area contributed by atoms with Crippen LogP contribution in [0.5, 0.6) is 0 Å². The second kappa shape index (κ2) is 5.84. The van der Waals surface area contributed by atoms with Crippen LogP contribution in [0.4, 0.5) is 5.82 Å². The monoisotopic (exact) mass is 281 g/mol. The lowest BCUT2D eigenvalue weighted by Crippen LogP contribution is -2.25. The highest BCUT2D eigenvalue weighted by atomic mass is 35.5. The van der Waals surface area contributed by atoms with Crippen molar-refractivity contribution >= 4 is 34.7 Å². The van der Waals surface area contributed by atoms with Gasteiger partial charge in [0.05, 0.1) is 0 Å². The number of nitrogens with two attached hydrogens (primary N) is 1. The molecule has 0 atom stereocenters. The maximum absolute atomic E-state index is 11.8. The number of amides is 1. The average Bonchev–Trinajstić information content (AvgIpc) is 2.80. The van der Waals surface area contributed by atoms with Crippen LogP contribution in [0.3, 0.4) is 0 Å². The lowest BCUT2D eigenvalue weighted by atomic mass is 10.2. The summed E-state index contributed by atoms with van der Waals surface area (Å²) in [4.78, 5) is 15.6. The van der Waals surface area contributed by atoms with E-state index < -0.39 is 0 Å². The van der Waals surface area contributed by atoms with E-state index in [9.17, 15) is 4.79 Å². The molecule has 0 fully saturated rings. The first-order valence-electron chi connectivity index (χ1n) is 5.37. The van der Waals surface area contributed by atoms with Crippen molar-refractivity contribution in [1.82, 2.24) is 10.3 Å². The number of halogens is 1. The molecule has 2 aromatic rings. The molecule has 94 valence electrons. The zero-order chi connectivity index (χ0) is 13.0. The highest BCUT2D eigenvalue weighted by Gasteiger charge is 2.07. The van der Waals surface area contributed by atoms with Crippen molar-refractivity contribution < 1.29 is 4.79 Å². The fourth-order valence-corrected chi connectivity index (χ4v) is 2.42. The van der Waals surface area contributed by atoms with Gasteiger partial charge in [0.2, 0.25) is 0 Å². The highest BCUT2D eigenvalue weighted by Crippen LogP contribution is 2.12. The van der Waals surface area contributed by atoms with Gasteiger partial charge in [-0.3, -0.25) is 4.79 Å². The fourth-order valence-electron chi connectivity index (χ4n) is 1.51. The summed E-state index contributed by atoms with van der Waals surface area (Å²) in [6, 6.07) is 5.04. The van der Waals surface area contributed by atoms with Crippen molar-refractivity contribution in [3.05, 3.63) is 45.2 Å². The Morgan fingerprint density at radius 3 is 3.00 bits per heavy atom. The molecule has 0 radical (unpaired) electrons. The molecular weight excluding hydrogens is 270 g/mol. The van der Waals surface area contributed by atoms with E-state index in [2.05, 4.69) is 15.7 Å². The van der Waals surface area contributed by atoms with E-state index in [4.69, 9.17) is 17.3 Å². The van der Waals surface area contributed by atoms with Crippen LogP contribution in [0.25, 0.3) is 0 Å². The van der Waals surface area contributed by atoms with Gasteiger partial charge in [-0.2, -0.15) is 11.3 Å². The molecule has 0 aliphatic carbocycles. The third-order valence-electron chi connectivity index (χ3n) is 2.36. The number of nitrogens with one attached hydrogen (secondary N) is 1. The maximum Gasteiger partial charge on any atom is 0.251 e. The Kier molecular flexibility index (Phi) is 4.17. The fraction of sp³-hybridized carbons (Fsp3) is 0.167. The number of nitrogen functional groups attached to an aromatic ring is 1. The van der Waals surface area contributed by atoms with Crippen LogP contribution in [0, 0.1) is 0 Å². The van der Waals surface area contributed by atoms with Gasteiger partial charge in [0.15, 0.2) is 0 Å². The molecule has 1 amide bonds. The lowest BCUT2D eigenvalue weighted by Gasteiger charge is -2.05. The normalized spacial score (nSPS) is 10.3. The van der Waals surface area contributed by atoms with Crippen molar-refractivity contribution in [3.63, 3.8) is 0 Å². The van der Waals surface area contributed by atoms with E-state index in [-0.39, 0.29) is 16.9 Å². The number of pyridine rings is 1. The molecule has 0 unspecified atom stereocenters. The standard InChI is InChI=1S/C12H12ClN3OS/c13-10-5-9(6-11(14)16-10)12(17)15-3-1-8-2-4-18-7-8/h2,4-7H,1,3H2,(H2,14,16)(H,15,17). The summed E-state index contributed by atoms with van der Waals surface area (Å²) in [5.41, 5.74) is 7.17. The molecular formula is C12H12ClN3OS. The molecule has 0 aliphatic rings. The van der Waals surface area contributed by atoms with Gasteiger partial charge in [0.25, 0.3) is 5.91 Å². The van der Waals surface area contributed by atoms with Gasteiger partial charge in [-0.1, -0.05) is 11.6 Å². The van der Waals surface area contributed by atoms with E-state index in [1.54, 1.807) is 11.3 Å². The summed E-state index contributed by atoms with van der Waals surface area (Å²) in [5, 5.41) is 7.11. The molecule has 18 heavy (non-hydrogen) atoms. The Morgan fingerprint density at radius 2 is 2.33 bits per heavy atom. The van der Waals surface area contributed by atoms with Crippen LogP contribution in [0.15, 0.2) is 29.0 Å². The van der Waals surface area contributed by atoms with Crippen LogP contribution >= 0.6 is 22.9 Å². The number of hydrogen-bond donors (Lipinski definition) is 2. The van der Waals surface area contributed by atoms with Crippen molar-refractivity contribution in [1.29, 1.82) is 0 Å². The van der Waals surface area contributed by atoms with Crippen LogP contribution in [-0.4, -0.2) is 17.4 Å². The minimum absolute atomic E-state index is 0.193. The van der Waals surface area contributed by atoms with Crippen LogP contribution in [0.2, 0.25) is 5.15 Å². The molecule has 3 N–H and O–H groups in total. The Bertz CT molecular complexity index is 522. The van der Waals surface area contributed by atoms with E-state index in [0.717, 1.165) is 6.42 Å². The number of aromatic nitrogens is 1. The van der Waals surface area contributed by atoms with Crippen molar-refractivity contribution in [2.75, 3.05) is 12.3 Å². The molecule has 2 heterocycles. The van der Waals surface area contributed by atoms with Gasteiger partial charge in [-0.15, -0.1) is 0 Å². The first-order valence-corrected chi connectivity index (χ1v) is 6.69. The third-order valence-corrected chi connectivity index (χ3v) is 3.28. The Hall–Kier alpha value is -1.59. The van der Waals surface area contributed by atoms with Crippen molar-refractivity contribution in [3.8, 4) is 0 Å². The molecule has 6 heteroatoms. The summed E-state index contributed by atoms with van der Waals surface area (Å²) >= 11 is 7.38. The predicted molar refractivity (Wildman–Crippen MR) is 74.0 cm³/mol. The van der Waals surface area contributed by atoms with E-state index >= 15 is 0 Å². The molecule has 2 rings (SSSR count). The number of carbonyl (C=O) groups is 1. The van der Waals surface area contributed by atoms with Gasteiger partial charge in [0, 0.05) is 12.1 Å². The molecule has 0 aromatic carbocycles. The zero-order valence-electron chi connectivity index (χ0n) is 9.52. The quantitative estimate of drug-likeness (QED) is 0.846. The Morgan fingerprint density at radius 1 is 1.50 bits per heavy atom. The second-order valence-corrected chi connectivity index (χ2v) is 4.91. The Labute approximate surface area is 114 Å². The summed E-state index contributed by atoms with van der Waals surface area (Å²) in [6.45, 7) is 0.579. The number of rotatable bonds is 4. The summed E-state index contributed by atoms with van der Waals surface area (Å²) < 4.78 is 0. The molecule has 0 saturated heterocycles. The smallest absolute Gasteiger partial charge is 0.251 e.